The van der Waals surface area contributed by atoms with Gasteiger partial charge in [0, 0.05) is 27.8 Å². The van der Waals surface area contributed by atoms with Crippen molar-refractivity contribution in [3.05, 3.63) is 71.9 Å². The fourth-order valence-electron chi connectivity index (χ4n) is 2.25. The van der Waals surface area contributed by atoms with Gasteiger partial charge in [-0.1, -0.05) is 30.3 Å². The van der Waals surface area contributed by atoms with Crippen LogP contribution in [0.1, 0.15) is 22.8 Å². The number of carbonyl (C=O) groups excluding carboxylic acids is 1. The molecule has 104 valence electrons. The topological polar surface area (TPSA) is 30.0 Å². The van der Waals surface area contributed by atoms with Gasteiger partial charge >= 0.3 is 0 Å². The summed E-state index contributed by atoms with van der Waals surface area (Å²) in [7, 11) is 0. The van der Waals surface area contributed by atoms with Crippen molar-refractivity contribution < 1.29 is 4.79 Å². The molecule has 0 saturated carbocycles. The van der Waals surface area contributed by atoms with Gasteiger partial charge in [-0.2, -0.15) is 0 Å². The summed E-state index contributed by atoms with van der Waals surface area (Å²) in [6, 6.07) is 18.0. The SMILES string of the molecule is CC(=O)c1cccc(SCc2ccnc3ccccc23)c1. The molecule has 0 saturated heterocycles. The van der Waals surface area contributed by atoms with E-state index in [0.29, 0.717) is 0 Å². The number of fused-ring (bicyclic) bond motifs is 1. The molecule has 0 amide bonds. The van der Waals surface area contributed by atoms with E-state index < -0.39 is 0 Å². The molecule has 3 rings (SSSR count). The second kappa shape index (κ2) is 6.10. The first kappa shape index (κ1) is 13.8. The Morgan fingerprint density at radius 2 is 1.95 bits per heavy atom. The number of Topliss-reactive ketones (excluding diaryl/α,β-unsaturated/α-hetero) is 1. The molecule has 1 heterocycles. The number of benzene rings is 2. The molecule has 0 aliphatic heterocycles. The minimum Gasteiger partial charge on any atom is -0.295 e. The van der Waals surface area contributed by atoms with Crippen molar-refractivity contribution in [1.29, 1.82) is 0 Å². The van der Waals surface area contributed by atoms with Crippen LogP contribution in [0.25, 0.3) is 10.9 Å². The van der Waals surface area contributed by atoms with Crippen molar-refractivity contribution >= 4 is 28.4 Å². The molecule has 0 aliphatic carbocycles. The Morgan fingerprint density at radius 1 is 1.10 bits per heavy atom. The van der Waals surface area contributed by atoms with Gasteiger partial charge in [-0.05, 0) is 36.8 Å². The molecule has 2 aromatic carbocycles. The summed E-state index contributed by atoms with van der Waals surface area (Å²) in [5.74, 6) is 0.969. The second-order valence-electron chi connectivity index (χ2n) is 4.86. The molecule has 0 spiro atoms. The molecule has 2 nitrogen and oxygen atoms in total. The highest BCUT2D eigenvalue weighted by molar-refractivity contribution is 7.98. The fraction of sp³-hybridized carbons (Fsp3) is 0.111. The molecule has 0 radical (unpaired) electrons. The van der Waals surface area contributed by atoms with E-state index >= 15 is 0 Å². The number of rotatable bonds is 4. The second-order valence-corrected chi connectivity index (χ2v) is 5.91. The number of thioether (sulfide) groups is 1. The van der Waals surface area contributed by atoms with Crippen molar-refractivity contribution in [2.24, 2.45) is 0 Å². The van der Waals surface area contributed by atoms with Crippen molar-refractivity contribution in [2.45, 2.75) is 17.6 Å². The van der Waals surface area contributed by atoms with E-state index in [2.05, 4.69) is 17.1 Å². The van der Waals surface area contributed by atoms with Gasteiger partial charge < -0.3 is 0 Å². The number of para-hydroxylation sites is 1. The summed E-state index contributed by atoms with van der Waals surface area (Å²) in [6.07, 6.45) is 1.85. The van der Waals surface area contributed by atoms with E-state index in [1.807, 2.05) is 48.7 Å². The number of aromatic nitrogens is 1. The van der Waals surface area contributed by atoms with Gasteiger partial charge in [-0.15, -0.1) is 11.8 Å². The summed E-state index contributed by atoms with van der Waals surface area (Å²) in [4.78, 5) is 16.9. The third-order valence-corrected chi connectivity index (χ3v) is 4.42. The monoisotopic (exact) mass is 293 g/mol. The first-order valence-corrected chi connectivity index (χ1v) is 7.79. The summed E-state index contributed by atoms with van der Waals surface area (Å²) >= 11 is 1.74. The molecule has 0 unspecified atom stereocenters. The van der Waals surface area contributed by atoms with Gasteiger partial charge in [0.15, 0.2) is 5.78 Å². The third-order valence-electron chi connectivity index (χ3n) is 3.37. The number of pyridine rings is 1. The molecule has 21 heavy (non-hydrogen) atoms. The van der Waals surface area contributed by atoms with Crippen LogP contribution in [-0.4, -0.2) is 10.8 Å². The predicted molar refractivity (Wildman–Crippen MR) is 87.8 cm³/mol. The van der Waals surface area contributed by atoms with Gasteiger partial charge in [0.2, 0.25) is 0 Å². The molecule has 0 aliphatic rings. The summed E-state index contributed by atoms with van der Waals surface area (Å²) in [5.41, 5.74) is 3.05. The molecular weight excluding hydrogens is 278 g/mol. The Hall–Kier alpha value is -2.13. The van der Waals surface area contributed by atoms with Crippen LogP contribution >= 0.6 is 11.8 Å². The maximum atomic E-state index is 11.4. The lowest BCUT2D eigenvalue weighted by Gasteiger charge is -2.06. The molecule has 3 heteroatoms. The van der Waals surface area contributed by atoms with Gasteiger partial charge in [0.25, 0.3) is 0 Å². The lowest BCUT2D eigenvalue weighted by molar-refractivity contribution is 0.101. The Bertz CT molecular complexity index is 793. The van der Waals surface area contributed by atoms with Gasteiger partial charge in [-0.25, -0.2) is 0 Å². The first-order valence-electron chi connectivity index (χ1n) is 6.80. The maximum Gasteiger partial charge on any atom is 0.159 e. The van der Waals surface area contributed by atoms with E-state index in [9.17, 15) is 4.79 Å². The summed E-state index contributed by atoms with van der Waals surface area (Å²) in [5, 5.41) is 1.19. The molecule has 0 atom stereocenters. The summed E-state index contributed by atoms with van der Waals surface area (Å²) in [6.45, 7) is 1.60. The minimum absolute atomic E-state index is 0.104. The van der Waals surface area contributed by atoms with Gasteiger partial charge in [0.05, 0.1) is 5.52 Å². The summed E-state index contributed by atoms with van der Waals surface area (Å²) < 4.78 is 0. The molecule has 3 aromatic rings. The standard InChI is InChI=1S/C18H15NOS/c1-13(20)14-5-4-6-16(11-14)21-12-15-9-10-19-18-8-3-2-7-17(15)18/h2-11H,12H2,1H3. The van der Waals surface area contributed by atoms with Crippen LogP contribution in [-0.2, 0) is 5.75 Å². The van der Waals surface area contributed by atoms with Crippen LogP contribution in [0.3, 0.4) is 0 Å². The van der Waals surface area contributed by atoms with E-state index in [1.54, 1.807) is 18.7 Å². The lowest BCUT2D eigenvalue weighted by Crippen LogP contribution is -1.91. The highest BCUT2D eigenvalue weighted by Crippen LogP contribution is 2.27. The number of hydrogen-bond donors (Lipinski definition) is 0. The third kappa shape index (κ3) is 3.14. The number of carbonyl (C=O) groups is 1. The van der Waals surface area contributed by atoms with Crippen LogP contribution in [0.4, 0.5) is 0 Å². The number of nitrogens with zero attached hydrogens (tertiary/aromatic N) is 1. The zero-order valence-corrected chi connectivity index (χ0v) is 12.6. The maximum absolute atomic E-state index is 11.4. The average molecular weight is 293 g/mol. The van der Waals surface area contributed by atoms with E-state index in [1.165, 1.54) is 10.9 Å². The van der Waals surface area contributed by atoms with Crippen molar-refractivity contribution in [3.8, 4) is 0 Å². The quantitative estimate of drug-likeness (QED) is 0.514. The molecule has 0 bridgehead atoms. The first-order chi connectivity index (χ1) is 10.2. The predicted octanol–water partition coefficient (Wildman–Crippen LogP) is 4.73. The van der Waals surface area contributed by atoms with Crippen molar-refractivity contribution in [3.63, 3.8) is 0 Å². The molecule has 0 N–H and O–H groups in total. The van der Waals surface area contributed by atoms with Crippen LogP contribution in [0, 0.1) is 0 Å². The Morgan fingerprint density at radius 3 is 2.81 bits per heavy atom. The van der Waals surface area contributed by atoms with E-state index in [-0.39, 0.29) is 5.78 Å². The zero-order chi connectivity index (χ0) is 14.7. The van der Waals surface area contributed by atoms with E-state index in [4.69, 9.17) is 0 Å². The van der Waals surface area contributed by atoms with Gasteiger partial charge in [-0.3, -0.25) is 9.78 Å². The van der Waals surface area contributed by atoms with E-state index in [0.717, 1.165) is 21.7 Å². The Kier molecular flexibility index (Phi) is 4.02. The highest BCUT2D eigenvalue weighted by Gasteiger charge is 2.04. The zero-order valence-electron chi connectivity index (χ0n) is 11.7. The highest BCUT2D eigenvalue weighted by atomic mass is 32.2. The Balaban J connectivity index is 1.84. The normalized spacial score (nSPS) is 10.7. The van der Waals surface area contributed by atoms with Crippen LogP contribution in [0.15, 0.2) is 65.7 Å². The van der Waals surface area contributed by atoms with Crippen LogP contribution < -0.4 is 0 Å². The number of hydrogen-bond acceptors (Lipinski definition) is 3. The average Bonchev–Trinajstić information content (AvgIpc) is 2.53. The van der Waals surface area contributed by atoms with Crippen molar-refractivity contribution in [2.75, 3.05) is 0 Å². The van der Waals surface area contributed by atoms with Gasteiger partial charge in [0.1, 0.15) is 0 Å². The smallest absolute Gasteiger partial charge is 0.159 e. The number of ketones is 1. The molecular formula is C18H15NOS. The fourth-order valence-corrected chi connectivity index (χ4v) is 3.21. The van der Waals surface area contributed by atoms with Crippen molar-refractivity contribution in [1.82, 2.24) is 4.98 Å². The van der Waals surface area contributed by atoms with Crippen LogP contribution in [0.2, 0.25) is 0 Å². The Labute approximate surface area is 128 Å². The largest absolute Gasteiger partial charge is 0.295 e. The minimum atomic E-state index is 0.104. The molecule has 0 fully saturated rings. The molecule has 1 aromatic heterocycles. The van der Waals surface area contributed by atoms with Crippen LogP contribution in [0.5, 0.6) is 0 Å². The lowest BCUT2D eigenvalue weighted by atomic mass is 10.1.